The Labute approximate surface area is 81.9 Å². The molecule has 0 aromatic heterocycles. The monoisotopic (exact) mass is 182 g/mol. The van der Waals surface area contributed by atoms with Gasteiger partial charge in [-0.05, 0) is 25.7 Å². The maximum Gasteiger partial charge on any atom is 0.0630 e. The average molecular weight is 182 g/mol. The van der Waals surface area contributed by atoms with Gasteiger partial charge in [-0.2, -0.15) is 0 Å². The lowest BCUT2D eigenvalue weighted by Gasteiger charge is -2.30. The molecule has 1 heteroatoms. The third-order valence-corrected chi connectivity index (χ3v) is 3.42. The van der Waals surface area contributed by atoms with Crippen molar-refractivity contribution in [1.82, 2.24) is 0 Å². The first-order valence-corrected chi connectivity index (χ1v) is 5.46. The zero-order valence-electron chi connectivity index (χ0n) is 8.92. The van der Waals surface area contributed by atoms with Gasteiger partial charge in [0.1, 0.15) is 0 Å². The summed E-state index contributed by atoms with van der Waals surface area (Å²) in [5.41, 5.74) is 1.11. The van der Waals surface area contributed by atoms with Crippen LogP contribution >= 0.6 is 0 Å². The van der Waals surface area contributed by atoms with E-state index in [9.17, 15) is 5.11 Å². The van der Waals surface area contributed by atoms with E-state index < -0.39 is 0 Å². The van der Waals surface area contributed by atoms with Gasteiger partial charge in [0.25, 0.3) is 0 Å². The number of aliphatic hydroxyl groups excluding tert-OH is 1. The van der Waals surface area contributed by atoms with Crippen molar-refractivity contribution in [3.8, 4) is 0 Å². The molecule has 1 fully saturated rings. The Hall–Kier alpha value is -0.300. The van der Waals surface area contributed by atoms with E-state index >= 15 is 0 Å². The fraction of sp³-hybridized carbons (Fsp3) is 0.833. The fourth-order valence-electron chi connectivity index (χ4n) is 2.18. The summed E-state index contributed by atoms with van der Waals surface area (Å²) >= 11 is 0. The molecule has 0 aromatic rings. The lowest BCUT2D eigenvalue weighted by atomic mass is 9.79. The highest BCUT2D eigenvalue weighted by molar-refractivity contribution is 4.98. The molecule has 0 heterocycles. The van der Waals surface area contributed by atoms with Crippen LogP contribution in [0.2, 0.25) is 0 Å². The van der Waals surface area contributed by atoms with Crippen LogP contribution in [0.3, 0.4) is 0 Å². The molecule has 1 nitrogen and oxygen atoms in total. The minimum Gasteiger partial charge on any atom is -0.392 e. The van der Waals surface area contributed by atoms with Crippen LogP contribution in [0.1, 0.15) is 46.0 Å². The van der Waals surface area contributed by atoms with E-state index in [4.69, 9.17) is 0 Å². The van der Waals surface area contributed by atoms with E-state index in [0.29, 0.717) is 5.92 Å². The minimum absolute atomic E-state index is 0.155. The molecule has 1 N–H and O–H groups in total. The summed E-state index contributed by atoms with van der Waals surface area (Å²) in [6.45, 7) is 8.01. The van der Waals surface area contributed by atoms with Crippen molar-refractivity contribution in [3.63, 3.8) is 0 Å². The van der Waals surface area contributed by atoms with Gasteiger partial charge in [-0.25, -0.2) is 0 Å². The molecule has 2 atom stereocenters. The Morgan fingerprint density at radius 2 is 1.85 bits per heavy atom. The molecule has 0 aliphatic heterocycles. The Morgan fingerprint density at radius 1 is 1.31 bits per heavy atom. The van der Waals surface area contributed by atoms with Gasteiger partial charge in [0.2, 0.25) is 0 Å². The lowest BCUT2D eigenvalue weighted by molar-refractivity contribution is 0.0522. The molecule has 0 spiro atoms. The molecule has 1 aliphatic rings. The summed E-state index contributed by atoms with van der Waals surface area (Å²) in [6.07, 6.45) is 6.20. The van der Waals surface area contributed by atoms with Gasteiger partial charge in [0, 0.05) is 5.92 Å². The second-order valence-corrected chi connectivity index (χ2v) is 4.52. The van der Waals surface area contributed by atoms with E-state index in [-0.39, 0.29) is 12.0 Å². The Kier molecular flexibility index (Phi) is 3.98. The SMILES string of the molecule is C=C(C)[C@@H](C)[C@@H](O)C1CCCCC1. The first kappa shape index (κ1) is 10.8. The summed E-state index contributed by atoms with van der Waals surface area (Å²) in [7, 11) is 0. The smallest absolute Gasteiger partial charge is 0.0630 e. The van der Waals surface area contributed by atoms with E-state index in [0.717, 1.165) is 5.57 Å². The molecule has 0 amide bonds. The van der Waals surface area contributed by atoms with Gasteiger partial charge in [0.15, 0.2) is 0 Å². The number of hydrogen-bond acceptors (Lipinski definition) is 1. The minimum atomic E-state index is -0.155. The quantitative estimate of drug-likeness (QED) is 0.665. The second-order valence-electron chi connectivity index (χ2n) is 4.52. The van der Waals surface area contributed by atoms with Gasteiger partial charge in [0.05, 0.1) is 6.10 Å². The van der Waals surface area contributed by atoms with Gasteiger partial charge < -0.3 is 5.11 Å². The lowest BCUT2D eigenvalue weighted by Crippen LogP contribution is -2.29. The van der Waals surface area contributed by atoms with Gasteiger partial charge in [-0.1, -0.05) is 38.3 Å². The molecule has 0 aromatic carbocycles. The van der Waals surface area contributed by atoms with Crippen molar-refractivity contribution in [2.24, 2.45) is 11.8 Å². The van der Waals surface area contributed by atoms with E-state index in [1.807, 2.05) is 6.92 Å². The predicted molar refractivity (Wildman–Crippen MR) is 56.6 cm³/mol. The van der Waals surface area contributed by atoms with Crippen LogP contribution in [0.4, 0.5) is 0 Å². The molecule has 1 rings (SSSR count). The maximum absolute atomic E-state index is 10.1. The van der Waals surface area contributed by atoms with Gasteiger partial charge in [-0.3, -0.25) is 0 Å². The molecule has 1 aliphatic carbocycles. The summed E-state index contributed by atoms with van der Waals surface area (Å²) in [6, 6.07) is 0. The van der Waals surface area contributed by atoms with Crippen molar-refractivity contribution >= 4 is 0 Å². The average Bonchev–Trinajstić information content (AvgIpc) is 2.17. The van der Waals surface area contributed by atoms with Crippen molar-refractivity contribution in [1.29, 1.82) is 0 Å². The summed E-state index contributed by atoms with van der Waals surface area (Å²) < 4.78 is 0. The van der Waals surface area contributed by atoms with Gasteiger partial charge in [-0.15, -0.1) is 0 Å². The van der Waals surface area contributed by atoms with E-state index in [1.54, 1.807) is 0 Å². The summed E-state index contributed by atoms with van der Waals surface area (Å²) in [4.78, 5) is 0. The summed E-state index contributed by atoms with van der Waals surface area (Å²) in [5, 5.41) is 10.1. The van der Waals surface area contributed by atoms with Crippen LogP contribution in [-0.4, -0.2) is 11.2 Å². The molecule has 0 unspecified atom stereocenters. The third kappa shape index (κ3) is 2.84. The van der Waals surface area contributed by atoms with Crippen molar-refractivity contribution in [3.05, 3.63) is 12.2 Å². The zero-order valence-corrected chi connectivity index (χ0v) is 8.92. The molecular weight excluding hydrogens is 160 g/mol. The highest BCUT2D eigenvalue weighted by Crippen LogP contribution is 2.31. The molecule has 1 saturated carbocycles. The third-order valence-electron chi connectivity index (χ3n) is 3.42. The van der Waals surface area contributed by atoms with Crippen LogP contribution in [-0.2, 0) is 0 Å². The van der Waals surface area contributed by atoms with Crippen LogP contribution in [0.5, 0.6) is 0 Å². The number of aliphatic hydroxyl groups is 1. The predicted octanol–water partition coefficient (Wildman–Crippen LogP) is 3.14. The highest BCUT2D eigenvalue weighted by atomic mass is 16.3. The van der Waals surface area contributed by atoms with Crippen LogP contribution < -0.4 is 0 Å². The molecule has 0 radical (unpaired) electrons. The molecular formula is C12H22O. The topological polar surface area (TPSA) is 20.2 Å². The first-order chi connectivity index (χ1) is 6.13. The highest BCUT2D eigenvalue weighted by Gasteiger charge is 2.26. The van der Waals surface area contributed by atoms with E-state index in [2.05, 4.69) is 13.5 Å². The van der Waals surface area contributed by atoms with Crippen LogP contribution in [0, 0.1) is 11.8 Å². The van der Waals surface area contributed by atoms with Crippen molar-refractivity contribution in [2.75, 3.05) is 0 Å². The van der Waals surface area contributed by atoms with Crippen molar-refractivity contribution in [2.45, 2.75) is 52.1 Å². The second kappa shape index (κ2) is 4.80. The standard InChI is InChI=1S/C12H22O/c1-9(2)10(3)12(13)11-7-5-4-6-8-11/h10-13H,1,4-8H2,2-3H3/t10-,12-/m1/s1. The Balaban J connectivity index is 2.44. The normalized spacial score (nSPS) is 23.9. The largest absolute Gasteiger partial charge is 0.392 e. The zero-order chi connectivity index (χ0) is 9.84. The first-order valence-electron chi connectivity index (χ1n) is 5.46. The molecule has 76 valence electrons. The van der Waals surface area contributed by atoms with Gasteiger partial charge >= 0.3 is 0 Å². The number of hydrogen-bond donors (Lipinski definition) is 1. The van der Waals surface area contributed by atoms with Crippen molar-refractivity contribution < 1.29 is 5.11 Å². The van der Waals surface area contributed by atoms with Crippen LogP contribution in [0.15, 0.2) is 12.2 Å². The Morgan fingerprint density at radius 3 is 2.31 bits per heavy atom. The van der Waals surface area contributed by atoms with Crippen LogP contribution in [0.25, 0.3) is 0 Å². The number of rotatable bonds is 3. The molecule has 13 heavy (non-hydrogen) atoms. The fourth-order valence-corrected chi connectivity index (χ4v) is 2.18. The maximum atomic E-state index is 10.1. The molecule has 0 bridgehead atoms. The Bertz CT molecular complexity index is 168. The molecule has 0 saturated heterocycles. The van der Waals surface area contributed by atoms with E-state index in [1.165, 1.54) is 32.1 Å². The summed E-state index contributed by atoms with van der Waals surface area (Å²) in [5.74, 6) is 0.795.